The molecule has 0 spiro atoms. The SMILES string of the molecule is CC(C)(C)SC1CC(O)N(C(C)(C)C)C1=O. The first-order valence-electron chi connectivity index (χ1n) is 5.71. The second-order valence-electron chi connectivity index (χ2n) is 6.31. The van der Waals surface area contributed by atoms with Crippen molar-refractivity contribution in [1.29, 1.82) is 0 Å². The zero-order chi connectivity index (χ0) is 12.7. The molecule has 0 aliphatic carbocycles. The van der Waals surface area contributed by atoms with E-state index < -0.39 is 6.23 Å². The first kappa shape index (κ1) is 13.8. The molecule has 3 nitrogen and oxygen atoms in total. The van der Waals surface area contributed by atoms with Crippen molar-refractivity contribution in [3.05, 3.63) is 0 Å². The van der Waals surface area contributed by atoms with Gasteiger partial charge in [0.1, 0.15) is 6.23 Å². The second kappa shape index (κ2) is 4.22. The Morgan fingerprint density at radius 2 is 1.75 bits per heavy atom. The second-order valence-corrected chi connectivity index (χ2v) is 8.34. The molecule has 0 aromatic carbocycles. The molecule has 1 fully saturated rings. The Bertz CT molecular complexity index is 278. The Kier molecular flexibility index (Phi) is 3.65. The number of thioether (sulfide) groups is 1. The highest BCUT2D eigenvalue weighted by Crippen LogP contribution is 2.38. The Morgan fingerprint density at radius 1 is 1.25 bits per heavy atom. The molecule has 1 aliphatic heterocycles. The first-order valence-corrected chi connectivity index (χ1v) is 6.59. The van der Waals surface area contributed by atoms with Crippen LogP contribution in [0.2, 0.25) is 0 Å². The normalized spacial score (nSPS) is 27.7. The molecule has 1 aliphatic rings. The molecule has 1 heterocycles. The van der Waals surface area contributed by atoms with Crippen LogP contribution in [0.15, 0.2) is 0 Å². The van der Waals surface area contributed by atoms with Gasteiger partial charge in [-0.05, 0) is 20.8 Å². The minimum atomic E-state index is -0.632. The van der Waals surface area contributed by atoms with Gasteiger partial charge < -0.3 is 10.0 Å². The van der Waals surface area contributed by atoms with Crippen molar-refractivity contribution in [3.8, 4) is 0 Å². The van der Waals surface area contributed by atoms with Crippen LogP contribution in [0.1, 0.15) is 48.0 Å². The van der Waals surface area contributed by atoms with Gasteiger partial charge in [0, 0.05) is 16.7 Å². The lowest BCUT2D eigenvalue weighted by Gasteiger charge is -2.34. The summed E-state index contributed by atoms with van der Waals surface area (Å²) >= 11 is 1.64. The van der Waals surface area contributed by atoms with Crippen LogP contribution < -0.4 is 0 Å². The van der Waals surface area contributed by atoms with Crippen molar-refractivity contribution in [2.24, 2.45) is 0 Å². The number of nitrogens with zero attached hydrogens (tertiary/aromatic N) is 1. The average molecular weight is 245 g/mol. The minimum absolute atomic E-state index is 0.0495. The first-order chi connectivity index (χ1) is 7.02. The number of hydrogen-bond donors (Lipinski definition) is 1. The molecule has 0 bridgehead atoms. The van der Waals surface area contributed by atoms with Gasteiger partial charge in [0.15, 0.2) is 0 Å². The van der Waals surface area contributed by atoms with Crippen LogP contribution >= 0.6 is 11.8 Å². The summed E-state index contributed by atoms with van der Waals surface area (Å²) in [5, 5.41) is 9.85. The van der Waals surface area contributed by atoms with Crippen LogP contribution in [0.4, 0.5) is 0 Å². The fraction of sp³-hybridized carbons (Fsp3) is 0.917. The van der Waals surface area contributed by atoms with E-state index in [4.69, 9.17) is 0 Å². The van der Waals surface area contributed by atoms with Crippen LogP contribution in [-0.2, 0) is 4.79 Å². The molecule has 16 heavy (non-hydrogen) atoms. The van der Waals surface area contributed by atoms with Crippen LogP contribution in [0.3, 0.4) is 0 Å². The van der Waals surface area contributed by atoms with E-state index in [0.29, 0.717) is 6.42 Å². The van der Waals surface area contributed by atoms with Crippen molar-refractivity contribution in [1.82, 2.24) is 4.90 Å². The fourth-order valence-electron chi connectivity index (χ4n) is 2.00. The molecule has 0 aromatic heterocycles. The minimum Gasteiger partial charge on any atom is -0.373 e. The molecule has 1 amide bonds. The highest BCUT2D eigenvalue weighted by atomic mass is 32.2. The number of aliphatic hydroxyl groups excluding tert-OH is 1. The molecular formula is C12H23NO2S. The van der Waals surface area contributed by atoms with E-state index in [1.165, 1.54) is 0 Å². The summed E-state index contributed by atoms with van der Waals surface area (Å²) in [7, 11) is 0. The predicted octanol–water partition coefficient (Wildman–Crippen LogP) is 2.24. The van der Waals surface area contributed by atoms with Crippen molar-refractivity contribution in [2.45, 2.75) is 69.7 Å². The fourth-order valence-corrected chi connectivity index (χ4v) is 3.34. The smallest absolute Gasteiger partial charge is 0.238 e. The maximum atomic E-state index is 12.2. The summed E-state index contributed by atoms with van der Waals surface area (Å²) in [5.74, 6) is 0.0694. The lowest BCUT2D eigenvalue weighted by atomic mass is 10.1. The number of rotatable bonds is 1. The summed E-state index contributed by atoms with van der Waals surface area (Å²) in [6.07, 6.45) is -0.0924. The summed E-state index contributed by atoms with van der Waals surface area (Å²) < 4.78 is 0.0495. The molecule has 0 saturated carbocycles. The summed E-state index contributed by atoms with van der Waals surface area (Å²) in [4.78, 5) is 13.8. The van der Waals surface area contributed by atoms with E-state index in [-0.39, 0.29) is 21.4 Å². The number of carbonyl (C=O) groups excluding carboxylic acids is 1. The Labute approximate surface area is 103 Å². The van der Waals surface area contributed by atoms with Gasteiger partial charge in [-0.3, -0.25) is 4.79 Å². The maximum Gasteiger partial charge on any atom is 0.238 e. The highest BCUT2D eigenvalue weighted by molar-refractivity contribution is 8.01. The van der Waals surface area contributed by atoms with Gasteiger partial charge in [-0.15, -0.1) is 11.8 Å². The van der Waals surface area contributed by atoms with E-state index in [2.05, 4.69) is 20.8 Å². The van der Waals surface area contributed by atoms with Gasteiger partial charge in [-0.25, -0.2) is 0 Å². The Balaban J connectivity index is 2.79. The number of likely N-dealkylation sites (tertiary alicyclic amines) is 1. The molecule has 1 rings (SSSR count). The highest BCUT2D eigenvalue weighted by Gasteiger charge is 2.45. The van der Waals surface area contributed by atoms with E-state index >= 15 is 0 Å². The van der Waals surface area contributed by atoms with Gasteiger partial charge in [-0.1, -0.05) is 20.8 Å². The molecule has 94 valence electrons. The van der Waals surface area contributed by atoms with Crippen molar-refractivity contribution in [3.63, 3.8) is 0 Å². The third-order valence-electron chi connectivity index (χ3n) is 2.45. The van der Waals surface area contributed by atoms with Crippen LogP contribution in [0.25, 0.3) is 0 Å². The number of amides is 1. The van der Waals surface area contributed by atoms with E-state index in [1.54, 1.807) is 16.7 Å². The molecule has 0 aromatic rings. The van der Waals surface area contributed by atoms with E-state index in [1.807, 2.05) is 20.8 Å². The van der Waals surface area contributed by atoms with Gasteiger partial charge in [0.05, 0.1) is 5.25 Å². The molecule has 0 radical (unpaired) electrons. The number of aliphatic hydroxyl groups is 1. The van der Waals surface area contributed by atoms with E-state index in [9.17, 15) is 9.90 Å². The summed E-state index contributed by atoms with van der Waals surface area (Å²) in [6, 6.07) is 0. The quantitative estimate of drug-likeness (QED) is 0.770. The molecule has 4 heteroatoms. The van der Waals surface area contributed by atoms with Gasteiger partial charge in [0.2, 0.25) is 5.91 Å². The molecule has 1 N–H and O–H groups in total. The predicted molar refractivity (Wildman–Crippen MR) is 68.4 cm³/mol. The molecule has 2 atom stereocenters. The maximum absolute atomic E-state index is 12.2. The van der Waals surface area contributed by atoms with Gasteiger partial charge in [0.25, 0.3) is 0 Å². The van der Waals surface area contributed by atoms with E-state index in [0.717, 1.165) is 0 Å². The van der Waals surface area contributed by atoms with Crippen LogP contribution in [-0.4, -0.2) is 37.7 Å². The van der Waals surface area contributed by atoms with Crippen LogP contribution in [0.5, 0.6) is 0 Å². The lowest BCUT2D eigenvalue weighted by molar-refractivity contribution is -0.140. The molecule has 1 saturated heterocycles. The third-order valence-corrected chi connectivity index (χ3v) is 3.84. The van der Waals surface area contributed by atoms with Gasteiger partial charge in [-0.2, -0.15) is 0 Å². The zero-order valence-electron chi connectivity index (χ0n) is 11.1. The number of hydrogen-bond acceptors (Lipinski definition) is 3. The van der Waals surface area contributed by atoms with Crippen LogP contribution in [0, 0.1) is 0 Å². The molecular weight excluding hydrogens is 222 g/mol. The monoisotopic (exact) mass is 245 g/mol. The van der Waals surface area contributed by atoms with Crippen molar-refractivity contribution in [2.75, 3.05) is 0 Å². The van der Waals surface area contributed by atoms with Gasteiger partial charge >= 0.3 is 0 Å². The lowest BCUT2D eigenvalue weighted by Crippen LogP contribution is -2.48. The zero-order valence-corrected chi connectivity index (χ0v) is 11.9. The topological polar surface area (TPSA) is 40.5 Å². The summed E-state index contributed by atoms with van der Waals surface area (Å²) in [5.41, 5.74) is -0.302. The Morgan fingerprint density at radius 3 is 2.06 bits per heavy atom. The largest absolute Gasteiger partial charge is 0.373 e. The third kappa shape index (κ3) is 3.14. The Hall–Kier alpha value is -0.220. The van der Waals surface area contributed by atoms with Crippen molar-refractivity contribution < 1.29 is 9.90 Å². The van der Waals surface area contributed by atoms with Crippen molar-refractivity contribution >= 4 is 17.7 Å². The standard InChI is InChI=1S/C12H23NO2S/c1-11(2,3)13-9(14)7-8(10(13)15)16-12(4,5)6/h8-9,14H,7H2,1-6H3. The summed E-state index contributed by atoms with van der Waals surface area (Å²) in [6.45, 7) is 12.2. The molecule has 2 unspecified atom stereocenters. The average Bonchev–Trinajstić information content (AvgIpc) is 2.21. The number of carbonyl (C=O) groups is 1.